The quantitative estimate of drug-likeness (QED) is 0.449. The van der Waals surface area contributed by atoms with E-state index in [9.17, 15) is 0 Å². The molecular weight excluding hydrogens is 458 g/mol. The summed E-state index contributed by atoms with van der Waals surface area (Å²) >= 11 is 0. The fraction of sp³-hybridized carbons (Fsp3) is 0. The molecule has 0 bridgehead atoms. The SMILES string of the molecule is [Ag].[Mo].[Ni].[Pt]. The molecule has 0 aromatic heterocycles. The van der Waals surface area contributed by atoms with Crippen LogP contribution in [0, 0.1) is 0 Å². The van der Waals surface area contributed by atoms with Gasteiger partial charge in [-0.3, -0.25) is 0 Å². The van der Waals surface area contributed by atoms with Crippen molar-refractivity contribution in [3.05, 3.63) is 0 Å². The predicted octanol–water partition coefficient (Wildman–Crippen LogP) is -0.0100. The molecule has 0 spiro atoms. The minimum Gasteiger partial charge on any atom is 0 e. The maximum atomic E-state index is 0. The molecule has 1 radical (unpaired) electrons. The summed E-state index contributed by atoms with van der Waals surface area (Å²) < 4.78 is 0. The normalized spacial score (nSPS) is 0. The molecular formula is AgMoNiPt. The molecule has 4 heavy (non-hydrogen) atoms. The van der Waals surface area contributed by atoms with Gasteiger partial charge < -0.3 is 0 Å². The average molecular weight is 458 g/mol. The molecule has 0 saturated heterocycles. The average Bonchev–Trinajstić information content (AvgIpc) is 0. The molecule has 0 aliphatic carbocycles. The summed E-state index contributed by atoms with van der Waals surface area (Å²) in [6.45, 7) is 0. The standard InChI is InChI=1S/Ag.Mo.Ni.Pt. The van der Waals surface area contributed by atoms with Gasteiger partial charge in [-0.1, -0.05) is 0 Å². The van der Waals surface area contributed by atoms with Crippen molar-refractivity contribution in [1.29, 1.82) is 0 Å². The third-order valence-corrected chi connectivity index (χ3v) is 0. The van der Waals surface area contributed by atoms with Gasteiger partial charge in [0.05, 0.1) is 0 Å². The molecule has 4 heteroatoms. The van der Waals surface area contributed by atoms with Crippen molar-refractivity contribution in [3.63, 3.8) is 0 Å². The van der Waals surface area contributed by atoms with Gasteiger partial charge in [-0.2, -0.15) is 0 Å². The summed E-state index contributed by atoms with van der Waals surface area (Å²) in [5, 5.41) is 0. The second kappa shape index (κ2) is 17.5. The van der Waals surface area contributed by atoms with Crippen molar-refractivity contribution in [2.75, 3.05) is 0 Å². The van der Waals surface area contributed by atoms with Crippen molar-refractivity contribution in [2.45, 2.75) is 0 Å². The first-order valence-electron chi connectivity index (χ1n) is 0. The van der Waals surface area contributed by atoms with Gasteiger partial charge in [0.25, 0.3) is 0 Å². The summed E-state index contributed by atoms with van der Waals surface area (Å²) in [7, 11) is 0. The van der Waals surface area contributed by atoms with Gasteiger partial charge in [0.2, 0.25) is 0 Å². The van der Waals surface area contributed by atoms with Gasteiger partial charge in [0.1, 0.15) is 0 Å². The smallest absolute Gasteiger partial charge is 0 e. The van der Waals surface area contributed by atoms with Crippen LogP contribution >= 0.6 is 0 Å². The molecule has 0 aliphatic rings. The van der Waals surface area contributed by atoms with Crippen LogP contribution in [0.4, 0.5) is 0 Å². The van der Waals surface area contributed by atoms with Crippen LogP contribution in [0.25, 0.3) is 0 Å². The van der Waals surface area contributed by atoms with Gasteiger partial charge in [-0.25, -0.2) is 0 Å². The molecule has 0 fully saturated rings. The van der Waals surface area contributed by atoms with E-state index in [-0.39, 0.29) is 81.0 Å². The third kappa shape index (κ3) is 8.82. The van der Waals surface area contributed by atoms with E-state index < -0.39 is 0 Å². The molecule has 0 N–H and O–H groups in total. The summed E-state index contributed by atoms with van der Waals surface area (Å²) in [6.07, 6.45) is 0. The Labute approximate surface area is 79.8 Å². The van der Waals surface area contributed by atoms with Gasteiger partial charge in [0.15, 0.2) is 0 Å². The summed E-state index contributed by atoms with van der Waals surface area (Å²) in [5.74, 6) is 0. The molecule has 0 heterocycles. The zero-order chi connectivity index (χ0) is 0. The van der Waals surface area contributed by atoms with Crippen molar-refractivity contribution in [2.24, 2.45) is 0 Å². The first kappa shape index (κ1) is 30.5. The molecule has 0 unspecified atom stereocenters. The van der Waals surface area contributed by atoms with Gasteiger partial charge in [0, 0.05) is 81.0 Å². The van der Waals surface area contributed by atoms with Crippen LogP contribution in [-0.2, 0) is 81.0 Å². The van der Waals surface area contributed by atoms with E-state index in [1.165, 1.54) is 0 Å². The Kier molecular flexibility index (Phi) is 134. The molecule has 0 aliphatic heterocycles. The zero-order valence-corrected chi connectivity index (χ0v) is 8.09. The molecule has 0 saturated carbocycles. The Hall–Kier alpha value is 2.61. The minimum absolute atomic E-state index is 0. The molecule has 0 atom stereocenters. The summed E-state index contributed by atoms with van der Waals surface area (Å²) in [4.78, 5) is 0. The molecule has 0 amide bonds. The molecule has 0 aromatic rings. The predicted molar refractivity (Wildman–Crippen MR) is 0 cm³/mol. The fourth-order valence-electron chi connectivity index (χ4n) is 0. The first-order chi connectivity index (χ1) is 0. The van der Waals surface area contributed by atoms with E-state index in [0.29, 0.717) is 0 Å². The Bertz CT molecular complexity index is 8.00. The van der Waals surface area contributed by atoms with Gasteiger partial charge in [-0.15, -0.1) is 0 Å². The second-order valence-corrected chi connectivity index (χ2v) is 0. The third-order valence-electron chi connectivity index (χ3n) is 0. The van der Waals surface area contributed by atoms with E-state index in [1.807, 2.05) is 0 Å². The summed E-state index contributed by atoms with van der Waals surface area (Å²) in [6, 6.07) is 0. The van der Waals surface area contributed by atoms with Crippen LogP contribution in [0.15, 0.2) is 0 Å². The van der Waals surface area contributed by atoms with Crippen molar-refractivity contribution in [1.82, 2.24) is 0 Å². The van der Waals surface area contributed by atoms with E-state index in [1.54, 1.807) is 0 Å². The summed E-state index contributed by atoms with van der Waals surface area (Å²) in [5.41, 5.74) is 0. The number of hydrogen-bond donors (Lipinski definition) is 0. The van der Waals surface area contributed by atoms with Crippen molar-refractivity contribution in [3.8, 4) is 0 Å². The van der Waals surface area contributed by atoms with Gasteiger partial charge >= 0.3 is 0 Å². The van der Waals surface area contributed by atoms with Gasteiger partial charge in [-0.05, 0) is 0 Å². The Balaban J connectivity index is 0. The van der Waals surface area contributed by atoms with Crippen LogP contribution in [-0.4, -0.2) is 0 Å². The second-order valence-electron chi connectivity index (χ2n) is 0. The Morgan fingerprint density at radius 2 is 1.00 bits per heavy atom. The largest absolute Gasteiger partial charge is 0 e. The Morgan fingerprint density at radius 3 is 1.00 bits per heavy atom. The molecule has 0 aromatic carbocycles. The minimum atomic E-state index is 0. The maximum Gasteiger partial charge on any atom is 0 e. The van der Waals surface area contributed by atoms with E-state index in [0.717, 1.165) is 0 Å². The topological polar surface area (TPSA) is 0 Å². The monoisotopic (exact) mass is 458 g/mol. The van der Waals surface area contributed by atoms with E-state index >= 15 is 0 Å². The number of rotatable bonds is 0. The Morgan fingerprint density at radius 1 is 1.00 bits per heavy atom. The van der Waals surface area contributed by atoms with Crippen LogP contribution in [0.3, 0.4) is 0 Å². The van der Waals surface area contributed by atoms with Crippen molar-refractivity contribution >= 4 is 0 Å². The van der Waals surface area contributed by atoms with Crippen LogP contribution in [0.5, 0.6) is 0 Å². The fourth-order valence-corrected chi connectivity index (χ4v) is 0. The molecule has 0 rings (SSSR count). The van der Waals surface area contributed by atoms with Crippen LogP contribution in [0.2, 0.25) is 0 Å². The van der Waals surface area contributed by atoms with E-state index in [4.69, 9.17) is 0 Å². The zero-order valence-electron chi connectivity index (χ0n) is 1.34. The van der Waals surface area contributed by atoms with Crippen LogP contribution in [0.1, 0.15) is 0 Å². The maximum absolute atomic E-state index is 0. The van der Waals surface area contributed by atoms with Crippen LogP contribution < -0.4 is 0 Å². The van der Waals surface area contributed by atoms with E-state index in [2.05, 4.69) is 0 Å². The first-order valence-corrected chi connectivity index (χ1v) is 0. The van der Waals surface area contributed by atoms with Crippen molar-refractivity contribution < 1.29 is 81.0 Å². The molecule has 37 valence electrons. The number of hydrogen-bond acceptors (Lipinski definition) is 0. The molecule has 0 nitrogen and oxygen atoms in total.